The van der Waals surface area contributed by atoms with Crippen LogP contribution in [0.15, 0.2) is 24.3 Å². The van der Waals surface area contributed by atoms with Crippen molar-refractivity contribution >= 4 is 11.6 Å². The van der Waals surface area contributed by atoms with E-state index in [1.54, 1.807) is 0 Å². The molecule has 4 unspecified atom stereocenters. The third kappa shape index (κ3) is 0.747. The maximum Gasteiger partial charge on any atom is 0.206 e. The van der Waals surface area contributed by atoms with Crippen LogP contribution in [0.1, 0.15) is 6.42 Å². The Labute approximate surface area is 88.0 Å². The maximum absolute atomic E-state index is 11.8. The Morgan fingerprint density at radius 1 is 0.800 bits per heavy atom. The molecule has 5 aliphatic carbocycles. The van der Waals surface area contributed by atoms with Crippen molar-refractivity contribution in [2.24, 2.45) is 35.5 Å². The molecule has 5 rings (SSSR count). The van der Waals surface area contributed by atoms with Gasteiger partial charge in [-0.3, -0.25) is 9.59 Å². The summed E-state index contributed by atoms with van der Waals surface area (Å²) < 4.78 is 0. The zero-order chi connectivity index (χ0) is 10.2. The van der Waals surface area contributed by atoms with E-state index in [2.05, 4.69) is 12.2 Å². The van der Waals surface area contributed by atoms with Crippen molar-refractivity contribution < 1.29 is 9.59 Å². The number of ketones is 2. The summed E-state index contributed by atoms with van der Waals surface area (Å²) in [4.78, 5) is 23.6. The first-order chi connectivity index (χ1) is 7.27. The van der Waals surface area contributed by atoms with E-state index < -0.39 is 0 Å². The summed E-state index contributed by atoms with van der Waals surface area (Å²) in [5.41, 5.74) is 0. The minimum Gasteiger partial charge on any atom is -0.290 e. The van der Waals surface area contributed by atoms with Gasteiger partial charge in [0.25, 0.3) is 0 Å². The highest BCUT2D eigenvalue weighted by Gasteiger charge is 2.59. The van der Waals surface area contributed by atoms with Crippen LogP contribution in [-0.2, 0) is 9.59 Å². The molecule has 2 nitrogen and oxygen atoms in total. The molecule has 15 heavy (non-hydrogen) atoms. The third-order valence-electron chi connectivity index (χ3n) is 4.79. The lowest BCUT2D eigenvalue weighted by atomic mass is 9.58. The number of Topliss-reactive ketones (excluding diaryl/α,β-unsaturated/α-hetero) is 2. The van der Waals surface area contributed by atoms with Crippen molar-refractivity contribution in [3.05, 3.63) is 24.3 Å². The quantitative estimate of drug-likeness (QED) is 0.437. The van der Waals surface area contributed by atoms with Crippen LogP contribution in [0.4, 0.5) is 0 Å². The molecular formula is C13H12O2. The molecule has 0 amide bonds. The number of hydrogen-bond donors (Lipinski definition) is 0. The first kappa shape index (κ1) is 8.03. The van der Waals surface area contributed by atoms with E-state index in [4.69, 9.17) is 0 Å². The van der Waals surface area contributed by atoms with Crippen molar-refractivity contribution in [3.63, 3.8) is 0 Å². The second-order valence-corrected chi connectivity index (χ2v) is 5.27. The fourth-order valence-electron chi connectivity index (χ4n) is 4.26. The molecule has 2 fully saturated rings. The van der Waals surface area contributed by atoms with Gasteiger partial charge in [0.2, 0.25) is 11.6 Å². The topological polar surface area (TPSA) is 34.1 Å². The highest BCUT2D eigenvalue weighted by molar-refractivity contribution is 6.41. The smallest absolute Gasteiger partial charge is 0.206 e. The molecule has 0 aromatic carbocycles. The molecule has 0 spiro atoms. The van der Waals surface area contributed by atoms with Gasteiger partial charge in [0.05, 0.1) is 0 Å². The van der Waals surface area contributed by atoms with Crippen molar-refractivity contribution in [3.8, 4) is 0 Å². The van der Waals surface area contributed by atoms with Gasteiger partial charge in [0.1, 0.15) is 0 Å². The molecule has 0 aliphatic heterocycles. The van der Waals surface area contributed by atoms with Gasteiger partial charge in [-0.25, -0.2) is 0 Å². The molecule has 0 aromatic heterocycles. The fraction of sp³-hybridized carbons (Fsp3) is 0.538. The minimum absolute atomic E-state index is 0.0903. The normalized spacial score (nSPS) is 54.1. The van der Waals surface area contributed by atoms with Gasteiger partial charge in [0.15, 0.2) is 0 Å². The summed E-state index contributed by atoms with van der Waals surface area (Å²) >= 11 is 0. The summed E-state index contributed by atoms with van der Waals surface area (Å²) in [5, 5.41) is 0. The Morgan fingerprint density at radius 2 is 1.27 bits per heavy atom. The molecule has 2 heteroatoms. The second kappa shape index (κ2) is 2.31. The van der Waals surface area contributed by atoms with E-state index >= 15 is 0 Å². The van der Waals surface area contributed by atoms with E-state index in [-0.39, 0.29) is 23.4 Å². The minimum atomic E-state index is -0.121. The molecule has 6 atom stereocenters. The molecule has 76 valence electrons. The van der Waals surface area contributed by atoms with Gasteiger partial charge in [-0.1, -0.05) is 24.3 Å². The summed E-state index contributed by atoms with van der Waals surface area (Å²) in [5.74, 6) is 1.60. The summed E-state index contributed by atoms with van der Waals surface area (Å²) in [6, 6.07) is 0. The number of hydrogen-bond acceptors (Lipinski definition) is 2. The van der Waals surface area contributed by atoms with Gasteiger partial charge < -0.3 is 0 Å². The van der Waals surface area contributed by atoms with Crippen molar-refractivity contribution in [2.75, 3.05) is 0 Å². The lowest BCUT2D eigenvalue weighted by Gasteiger charge is -2.43. The Hall–Kier alpha value is -1.18. The molecule has 0 aromatic rings. The summed E-state index contributed by atoms with van der Waals surface area (Å²) in [6.07, 6.45) is 9.68. The van der Waals surface area contributed by atoms with Crippen LogP contribution in [0, 0.1) is 35.5 Å². The lowest BCUT2D eigenvalue weighted by Crippen LogP contribution is -2.50. The standard InChI is InChI=1S/C13H12O2/c14-12-8-3-4-9(13(12)15)11-7-2-1-6(5-7)10(8)11/h1-4,6-11H,5H2/t6-,7+,8?,9?,10?,11?. The number of carbonyl (C=O) groups excluding carboxylic acids is 2. The van der Waals surface area contributed by atoms with Crippen LogP contribution in [0.5, 0.6) is 0 Å². The predicted octanol–water partition coefficient (Wildman–Crippen LogP) is 1.38. The van der Waals surface area contributed by atoms with Crippen LogP contribution in [0.2, 0.25) is 0 Å². The molecule has 0 heterocycles. The van der Waals surface area contributed by atoms with E-state index in [1.807, 2.05) is 12.2 Å². The van der Waals surface area contributed by atoms with Gasteiger partial charge in [-0.2, -0.15) is 0 Å². The van der Waals surface area contributed by atoms with Crippen molar-refractivity contribution in [2.45, 2.75) is 6.42 Å². The molecule has 0 N–H and O–H groups in total. The van der Waals surface area contributed by atoms with Gasteiger partial charge in [-0.15, -0.1) is 0 Å². The van der Waals surface area contributed by atoms with Gasteiger partial charge in [-0.05, 0) is 30.1 Å². The third-order valence-corrected chi connectivity index (χ3v) is 4.79. The first-order valence-corrected chi connectivity index (χ1v) is 5.72. The van der Waals surface area contributed by atoms with Crippen molar-refractivity contribution in [1.82, 2.24) is 0 Å². The van der Waals surface area contributed by atoms with Crippen LogP contribution < -0.4 is 0 Å². The molecule has 5 aliphatic rings. The monoisotopic (exact) mass is 200 g/mol. The number of fused-ring (bicyclic) bond motifs is 3. The SMILES string of the molecule is O=C1C(=O)C2C=CC1C1C2[C@H]2C=C[C@@H]1C2. The highest BCUT2D eigenvalue weighted by Crippen LogP contribution is 2.58. The van der Waals surface area contributed by atoms with Crippen molar-refractivity contribution in [1.29, 1.82) is 0 Å². The molecule has 4 bridgehead atoms. The average molecular weight is 200 g/mol. The molecule has 2 saturated carbocycles. The van der Waals surface area contributed by atoms with E-state index in [0.29, 0.717) is 23.7 Å². The zero-order valence-corrected chi connectivity index (χ0v) is 8.30. The van der Waals surface area contributed by atoms with Crippen LogP contribution in [0.3, 0.4) is 0 Å². The Morgan fingerprint density at radius 3 is 1.73 bits per heavy atom. The van der Waals surface area contributed by atoms with Crippen LogP contribution in [0.25, 0.3) is 0 Å². The number of rotatable bonds is 0. The predicted molar refractivity (Wildman–Crippen MR) is 53.9 cm³/mol. The summed E-state index contributed by atoms with van der Waals surface area (Å²) in [7, 11) is 0. The average Bonchev–Trinajstić information content (AvgIpc) is 2.85. The first-order valence-electron chi connectivity index (χ1n) is 5.72. The molecule has 0 saturated heterocycles. The number of allylic oxidation sites excluding steroid dienone is 4. The van der Waals surface area contributed by atoms with Gasteiger partial charge >= 0.3 is 0 Å². The van der Waals surface area contributed by atoms with Gasteiger partial charge in [0, 0.05) is 11.8 Å². The molecule has 0 radical (unpaired) electrons. The van der Waals surface area contributed by atoms with E-state index in [9.17, 15) is 9.59 Å². The lowest BCUT2D eigenvalue weighted by molar-refractivity contribution is -0.147. The van der Waals surface area contributed by atoms with Crippen LogP contribution >= 0.6 is 0 Å². The largest absolute Gasteiger partial charge is 0.290 e. The van der Waals surface area contributed by atoms with E-state index in [1.165, 1.54) is 6.42 Å². The number of carbonyl (C=O) groups is 2. The maximum atomic E-state index is 11.8. The van der Waals surface area contributed by atoms with Crippen LogP contribution in [-0.4, -0.2) is 11.6 Å². The Balaban J connectivity index is 1.89. The summed E-state index contributed by atoms with van der Waals surface area (Å²) in [6.45, 7) is 0. The zero-order valence-electron chi connectivity index (χ0n) is 8.30. The molecular weight excluding hydrogens is 188 g/mol. The highest BCUT2D eigenvalue weighted by atomic mass is 16.2. The Kier molecular flexibility index (Phi) is 1.24. The second-order valence-electron chi connectivity index (χ2n) is 5.27. The van der Waals surface area contributed by atoms with E-state index in [0.717, 1.165) is 0 Å². The Bertz CT molecular complexity index is 394. The fourth-order valence-corrected chi connectivity index (χ4v) is 4.26.